The van der Waals surface area contributed by atoms with Gasteiger partial charge in [-0.05, 0) is 30.3 Å². The number of nitrogens with one attached hydrogen (secondary N) is 1. The van der Waals surface area contributed by atoms with E-state index in [1.165, 1.54) is 23.5 Å². The third-order valence-corrected chi connectivity index (χ3v) is 3.78. The molecule has 1 heterocycles. The predicted octanol–water partition coefficient (Wildman–Crippen LogP) is 3.24. The Morgan fingerprint density at radius 2 is 2.00 bits per heavy atom. The highest BCUT2D eigenvalue weighted by molar-refractivity contribution is 7.22. The van der Waals surface area contributed by atoms with Gasteiger partial charge in [0.2, 0.25) is 0 Å². The summed E-state index contributed by atoms with van der Waals surface area (Å²) >= 11 is 1.23. The van der Waals surface area contributed by atoms with Crippen molar-refractivity contribution < 1.29 is 10.0 Å². The van der Waals surface area contributed by atoms with Crippen LogP contribution in [0.1, 0.15) is 10.4 Å². The molecule has 1 amide bonds. The lowest BCUT2D eigenvalue weighted by atomic mass is 10.2. The number of hydrogen-bond acceptors (Lipinski definition) is 6. The van der Waals surface area contributed by atoms with Crippen LogP contribution in [0, 0.1) is 5.21 Å². The van der Waals surface area contributed by atoms with Crippen molar-refractivity contribution in [2.45, 2.75) is 0 Å². The zero-order valence-electron chi connectivity index (χ0n) is 10.7. The summed E-state index contributed by atoms with van der Waals surface area (Å²) in [5, 5.41) is 22.7. The first-order chi connectivity index (χ1) is 10.1. The van der Waals surface area contributed by atoms with E-state index >= 15 is 0 Å². The molecule has 0 unspecified atom stereocenters. The van der Waals surface area contributed by atoms with Crippen molar-refractivity contribution in [2.24, 2.45) is 0 Å². The van der Waals surface area contributed by atoms with E-state index in [1.807, 2.05) is 6.07 Å². The SMILES string of the molecule is O=C(Nc1nc2ccc(N([O-])O)cc2s1)c1ccccc1. The molecule has 3 rings (SSSR count). The molecule has 0 aliphatic rings. The maximum Gasteiger partial charge on any atom is 0.257 e. The minimum absolute atomic E-state index is 0.118. The third-order valence-electron chi connectivity index (χ3n) is 2.85. The van der Waals surface area contributed by atoms with Gasteiger partial charge in [-0.15, -0.1) is 0 Å². The van der Waals surface area contributed by atoms with Crippen LogP contribution in [0.25, 0.3) is 10.2 Å². The second kappa shape index (κ2) is 5.49. The largest absolute Gasteiger partial charge is 0.733 e. The van der Waals surface area contributed by atoms with Crippen LogP contribution in [0.2, 0.25) is 0 Å². The molecule has 1 aromatic heterocycles. The van der Waals surface area contributed by atoms with Crippen LogP contribution in [-0.2, 0) is 0 Å². The number of rotatable bonds is 3. The van der Waals surface area contributed by atoms with Crippen LogP contribution in [0.5, 0.6) is 0 Å². The lowest BCUT2D eigenvalue weighted by Crippen LogP contribution is -2.11. The van der Waals surface area contributed by atoms with Gasteiger partial charge >= 0.3 is 0 Å². The Kier molecular flexibility index (Phi) is 3.53. The van der Waals surface area contributed by atoms with Gasteiger partial charge in [0.15, 0.2) is 5.13 Å². The number of carbonyl (C=O) groups is 1. The molecule has 2 aromatic carbocycles. The van der Waals surface area contributed by atoms with Crippen LogP contribution >= 0.6 is 11.3 Å². The van der Waals surface area contributed by atoms with Crippen LogP contribution < -0.4 is 10.5 Å². The Bertz CT molecular complexity index is 787. The summed E-state index contributed by atoms with van der Waals surface area (Å²) < 4.78 is 0.700. The van der Waals surface area contributed by atoms with Gasteiger partial charge in [-0.1, -0.05) is 29.5 Å². The van der Waals surface area contributed by atoms with E-state index in [1.54, 1.807) is 30.3 Å². The summed E-state index contributed by atoms with van der Waals surface area (Å²) in [7, 11) is 0. The highest BCUT2D eigenvalue weighted by atomic mass is 32.1. The number of thiazole rings is 1. The number of hydrogen-bond donors (Lipinski definition) is 2. The van der Waals surface area contributed by atoms with E-state index in [9.17, 15) is 10.0 Å². The number of benzene rings is 2. The lowest BCUT2D eigenvalue weighted by Gasteiger charge is -2.20. The van der Waals surface area contributed by atoms with Crippen molar-refractivity contribution in [1.29, 1.82) is 0 Å². The second-order valence-corrected chi connectivity index (χ2v) is 5.29. The summed E-state index contributed by atoms with van der Waals surface area (Å²) in [5.74, 6) is -0.248. The lowest BCUT2D eigenvalue weighted by molar-refractivity contribution is 0.102. The van der Waals surface area contributed by atoms with Gasteiger partial charge in [-0.25, -0.2) is 4.98 Å². The van der Waals surface area contributed by atoms with Crippen LogP contribution in [-0.4, -0.2) is 16.1 Å². The molecule has 106 valence electrons. The van der Waals surface area contributed by atoms with Gasteiger partial charge < -0.3 is 10.4 Å². The molecule has 0 spiro atoms. The van der Waals surface area contributed by atoms with Crippen LogP contribution in [0.15, 0.2) is 48.5 Å². The van der Waals surface area contributed by atoms with Crippen molar-refractivity contribution in [3.8, 4) is 0 Å². The number of anilines is 2. The molecule has 0 saturated carbocycles. The summed E-state index contributed by atoms with van der Waals surface area (Å²) in [6, 6.07) is 13.4. The van der Waals surface area contributed by atoms with E-state index in [-0.39, 0.29) is 16.8 Å². The van der Waals surface area contributed by atoms with Gasteiger partial charge in [-0.2, -0.15) is 0 Å². The maximum absolute atomic E-state index is 12.0. The van der Waals surface area contributed by atoms with Crippen molar-refractivity contribution in [3.05, 3.63) is 59.3 Å². The molecule has 0 aliphatic heterocycles. The number of aromatic nitrogens is 1. The molecule has 0 aliphatic carbocycles. The first-order valence-corrected chi connectivity index (χ1v) is 6.88. The standard InChI is InChI=1S/C14H10N3O3S/c18-13(9-4-2-1-3-5-9)16-14-15-11-7-6-10(17(19)20)8-12(11)21-14/h1-8,19H,(H,15,16,18)/q-1. The summed E-state index contributed by atoms with van der Waals surface area (Å²) in [6.07, 6.45) is 0. The summed E-state index contributed by atoms with van der Waals surface area (Å²) in [4.78, 5) is 16.3. The summed E-state index contributed by atoms with van der Waals surface area (Å²) in [6.45, 7) is 0. The molecule has 0 fully saturated rings. The quantitative estimate of drug-likeness (QED) is 0.725. The Labute approximate surface area is 123 Å². The van der Waals surface area contributed by atoms with E-state index < -0.39 is 0 Å². The second-order valence-electron chi connectivity index (χ2n) is 4.26. The Balaban J connectivity index is 1.86. The smallest absolute Gasteiger partial charge is 0.257 e. The van der Waals surface area contributed by atoms with E-state index in [0.29, 0.717) is 20.9 Å². The van der Waals surface area contributed by atoms with Gasteiger partial charge in [-0.3, -0.25) is 15.3 Å². The third kappa shape index (κ3) is 2.84. The number of carbonyl (C=O) groups excluding carboxylic acids is 1. The fourth-order valence-corrected chi connectivity index (χ4v) is 2.74. The average molecular weight is 300 g/mol. The number of fused-ring (bicyclic) bond motifs is 1. The normalized spacial score (nSPS) is 10.6. The molecule has 7 heteroatoms. The van der Waals surface area contributed by atoms with Gasteiger partial charge in [0, 0.05) is 5.56 Å². The van der Waals surface area contributed by atoms with E-state index in [2.05, 4.69) is 10.3 Å². The van der Waals surface area contributed by atoms with Gasteiger partial charge in [0.05, 0.1) is 15.9 Å². The Hall–Kier alpha value is -2.48. The first kappa shape index (κ1) is 13.5. The number of nitrogens with zero attached hydrogens (tertiary/aromatic N) is 2. The molecule has 0 saturated heterocycles. The Morgan fingerprint density at radius 3 is 2.71 bits per heavy atom. The molecule has 0 atom stereocenters. The molecule has 3 aromatic rings. The van der Waals surface area contributed by atoms with Crippen molar-refractivity contribution in [1.82, 2.24) is 4.98 Å². The first-order valence-electron chi connectivity index (χ1n) is 6.06. The van der Waals surface area contributed by atoms with Crippen molar-refractivity contribution in [2.75, 3.05) is 10.5 Å². The fraction of sp³-hybridized carbons (Fsp3) is 0. The maximum atomic E-state index is 12.0. The zero-order valence-corrected chi connectivity index (χ0v) is 11.5. The average Bonchev–Trinajstić information content (AvgIpc) is 2.89. The minimum Gasteiger partial charge on any atom is -0.733 e. The van der Waals surface area contributed by atoms with Crippen LogP contribution in [0.4, 0.5) is 10.8 Å². The molecule has 6 nitrogen and oxygen atoms in total. The predicted molar refractivity (Wildman–Crippen MR) is 81.6 cm³/mol. The van der Waals surface area contributed by atoms with Crippen molar-refractivity contribution in [3.63, 3.8) is 0 Å². The Morgan fingerprint density at radius 1 is 1.24 bits per heavy atom. The van der Waals surface area contributed by atoms with E-state index in [4.69, 9.17) is 5.21 Å². The zero-order chi connectivity index (χ0) is 14.8. The highest BCUT2D eigenvalue weighted by Gasteiger charge is 2.10. The fourth-order valence-electron chi connectivity index (χ4n) is 1.84. The summed E-state index contributed by atoms with van der Waals surface area (Å²) in [5.41, 5.74) is 1.31. The monoisotopic (exact) mass is 300 g/mol. The van der Waals surface area contributed by atoms with E-state index in [0.717, 1.165) is 0 Å². The topological polar surface area (TPSA) is 88.5 Å². The minimum atomic E-state index is -0.248. The highest BCUT2D eigenvalue weighted by Crippen LogP contribution is 2.29. The van der Waals surface area contributed by atoms with Gasteiger partial charge in [0.25, 0.3) is 5.91 Å². The molecule has 2 N–H and O–H groups in total. The van der Waals surface area contributed by atoms with Gasteiger partial charge in [0.1, 0.15) is 0 Å². The van der Waals surface area contributed by atoms with Crippen LogP contribution in [0.3, 0.4) is 0 Å². The molecular weight excluding hydrogens is 290 g/mol. The molecule has 0 bridgehead atoms. The number of amides is 1. The molecule has 21 heavy (non-hydrogen) atoms. The molecular formula is C14H10N3O3S-. The molecule has 0 radical (unpaired) electrons. The van der Waals surface area contributed by atoms with Crippen molar-refractivity contribution >= 4 is 38.3 Å².